The third-order valence-electron chi connectivity index (χ3n) is 1.59. The number of aromatic nitrogens is 2. The Bertz CT molecular complexity index is 297. The molecule has 7 heteroatoms. The summed E-state index contributed by atoms with van der Waals surface area (Å²) in [5.74, 6) is 0. The van der Waals surface area contributed by atoms with Crippen LogP contribution in [-0.2, 0) is 12.7 Å². The molecule has 80 valence electrons. The number of rotatable bonds is 3. The van der Waals surface area contributed by atoms with E-state index in [0.717, 1.165) is 10.7 Å². The maximum atomic E-state index is 12.1. The number of nitrogens with two attached hydrogens (primary N) is 1. The summed E-state index contributed by atoms with van der Waals surface area (Å²) in [6.07, 6.45) is -3.26. The van der Waals surface area contributed by atoms with Gasteiger partial charge in [0.25, 0.3) is 0 Å². The van der Waals surface area contributed by atoms with Gasteiger partial charge in [0.05, 0.1) is 13.2 Å². The monoisotopic (exact) mass is 209 g/mol. The summed E-state index contributed by atoms with van der Waals surface area (Å²) in [5.41, 5.74) is 4.38. The Balaban J connectivity index is 2.69. The van der Waals surface area contributed by atoms with Crippen molar-refractivity contribution >= 4 is 0 Å². The molecule has 0 bridgehead atoms. The molecule has 3 N–H and O–H groups in total. The molecule has 4 nitrogen and oxygen atoms in total. The lowest BCUT2D eigenvalue weighted by molar-refractivity contribution is -0.141. The zero-order valence-corrected chi connectivity index (χ0v) is 7.20. The van der Waals surface area contributed by atoms with Crippen LogP contribution in [0.3, 0.4) is 0 Å². The third kappa shape index (κ3) is 2.71. The Kier molecular flexibility index (Phi) is 3.12. The van der Waals surface area contributed by atoms with Crippen molar-refractivity contribution in [3.05, 3.63) is 18.0 Å². The molecule has 0 fully saturated rings. The van der Waals surface area contributed by atoms with Crippen LogP contribution in [0.4, 0.5) is 13.2 Å². The van der Waals surface area contributed by atoms with Gasteiger partial charge in [-0.25, -0.2) is 0 Å². The third-order valence-corrected chi connectivity index (χ3v) is 1.59. The Morgan fingerprint density at radius 3 is 2.64 bits per heavy atom. The summed E-state index contributed by atoms with van der Waals surface area (Å²) in [5, 5.41) is 11.8. The minimum Gasteiger partial charge on any atom is -0.395 e. The van der Waals surface area contributed by atoms with Crippen LogP contribution in [0.25, 0.3) is 0 Å². The lowest BCUT2D eigenvalue weighted by Gasteiger charge is -2.07. The zero-order chi connectivity index (χ0) is 10.8. The molecule has 0 aromatic carbocycles. The van der Waals surface area contributed by atoms with Crippen LogP contribution in [0.15, 0.2) is 12.3 Å². The SMILES string of the molecule is NC(CO)Cn1ccc(C(F)(F)F)n1. The Hall–Kier alpha value is -1.08. The first-order valence-corrected chi connectivity index (χ1v) is 3.90. The number of halogens is 3. The molecule has 1 aromatic rings. The normalized spacial score (nSPS) is 14.4. The van der Waals surface area contributed by atoms with Gasteiger partial charge >= 0.3 is 6.18 Å². The number of aliphatic hydroxyl groups excluding tert-OH is 1. The second kappa shape index (κ2) is 3.97. The lowest BCUT2D eigenvalue weighted by atomic mass is 10.3. The second-order valence-corrected chi connectivity index (χ2v) is 2.86. The first kappa shape index (κ1) is 11.0. The van der Waals surface area contributed by atoms with E-state index in [1.807, 2.05) is 0 Å². The molecule has 0 saturated carbocycles. The number of hydrogen-bond donors (Lipinski definition) is 2. The molecule has 1 unspecified atom stereocenters. The topological polar surface area (TPSA) is 64.1 Å². The average Bonchev–Trinajstić information content (AvgIpc) is 2.51. The highest BCUT2D eigenvalue weighted by Gasteiger charge is 2.33. The number of aliphatic hydroxyl groups is 1. The first-order valence-electron chi connectivity index (χ1n) is 3.90. The van der Waals surface area contributed by atoms with Crippen molar-refractivity contribution in [2.24, 2.45) is 5.73 Å². The predicted molar refractivity (Wildman–Crippen MR) is 42.3 cm³/mol. The number of nitrogens with zero attached hydrogens (tertiary/aromatic N) is 2. The van der Waals surface area contributed by atoms with Crippen LogP contribution in [-0.4, -0.2) is 27.5 Å². The fourth-order valence-electron chi connectivity index (χ4n) is 0.913. The summed E-state index contributed by atoms with van der Waals surface area (Å²) in [7, 11) is 0. The van der Waals surface area contributed by atoms with Crippen molar-refractivity contribution in [1.82, 2.24) is 9.78 Å². The molecule has 1 rings (SSSR count). The highest BCUT2D eigenvalue weighted by atomic mass is 19.4. The molecule has 1 atom stereocenters. The highest BCUT2D eigenvalue weighted by molar-refractivity contribution is 5.03. The van der Waals surface area contributed by atoms with Crippen LogP contribution in [0.1, 0.15) is 5.69 Å². The van der Waals surface area contributed by atoms with Crippen molar-refractivity contribution in [3.8, 4) is 0 Å². The molecule has 0 amide bonds. The number of alkyl halides is 3. The molecule has 0 aliphatic rings. The molecular formula is C7H10F3N3O. The summed E-state index contributed by atoms with van der Waals surface area (Å²) in [4.78, 5) is 0. The van der Waals surface area contributed by atoms with E-state index in [4.69, 9.17) is 10.8 Å². The fraction of sp³-hybridized carbons (Fsp3) is 0.571. The van der Waals surface area contributed by atoms with Gasteiger partial charge in [-0.05, 0) is 6.07 Å². The van der Waals surface area contributed by atoms with Gasteiger partial charge in [-0.1, -0.05) is 0 Å². The van der Waals surface area contributed by atoms with Gasteiger partial charge in [0.15, 0.2) is 5.69 Å². The summed E-state index contributed by atoms with van der Waals surface area (Å²) in [6, 6.07) is 0.264. The van der Waals surface area contributed by atoms with E-state index >= 15 is 0 Å². The smallest absolute Gasteiger partial charge is 0.395 e. The molecule has 0 saturated heterocycles. The molecule has 0 spiro atoms. The van der Waals surface area contributed by atoms with E-state index in [-0.39, 0.29) is 13.2 Å². The predicted octanol–water partition coefficient (Wildman–Crippen LogP) is 0.221. The van der Waals surface area contributed by atoms with E-state index in [2.05, 4.69) is 5.10 Å². The molecule has 0 aliphatic carbocycles. The van der Waals surface area contributed by atoms with E-state index in [9.17, 15) is 13.2 Å². The minimum atomic E-state index is -4.44. The van der Waals surface area contributed by atoms with E-state index < -0.39 is 17.9 Å². The molecule has 0 aliphatic heterocycles. The molecular weight excluding hydrogens is 199 g/mol. The molecule has 0 radical (unpaired) electrons. The minimum absolute atomic E-state index is 0.0621. The van der Waals surface area contributed by atoms with Gasteiger partial charge < -0.3 is 10.8 Å². The standard InChI is InChI=1S/C7H10F3N3O/c8-7(9,10)6-1-2-13(12-6)3-5(11)4-14/h1-2,5,14H,3-4,11H2. The summed E-state index contributed by atoms with van der Waals surface area (Å²) in [6.45, 7) is -0.228. The fourth-order valence-corrected chi connectivity index (χ4v) is 0.913. The van der Waals surface area contributed by atoms with Crippen molar-refractivity contribution in [2.45, 2.75) is 18.8 Å². The van der Waals surface area contributed by atoms with Crippen LogP contribution >= 0.6 is 0 Å². The largest absolute Gasteiger partial charge is 0.435 e. The summed E-state index contributed by atoms with van der Waals surface area (Å²) >= 11 is 0. The van der Waals surface area contributed by atoms with E-state index in [0.29, 0.717) is 0 Å². The van der Waals surface area contributed by atoms with Gasteiger partial charge in [-0.3, -0.25) is 4.68 Å². The van der Waals surface area contributed by atoms with E-state index in [1.165, 1.54) is 6.20 Å². The van der Waals surface area contributed by atoms with Gasteiger partial charge in [0.2, 0.25) is 0 Å². The van der Waals surface area contributed by atoms with Crippen molar-refractivity contribution in [1.29, 1.82) is 0 Å². The molecule has 1 aromatic heterocycles. The van der Waals surface area contributed by atoms with Crippen LogP contribution in [0.5, 0.6) is 0 Å². The van der Waals surface area contributed by atoms with Crippen LogP contribution in [0, 0.1) is 0 Å². The summed E-state index contributed by atoms with van der Waals surface area (Å²) < 4.78 is 37.3. The Labute approximate surface area is 78.1 Å². The van der Waals surface area contributed by atoms with Crippen LogP contribution < -0.4 is 5.73 Å². The van der Waals surface area contributed by atoms with Crippen molar-refractivity contribution < 1.29 is 18.3 Å². The molecule has 14 heavy (non-hydrogen) atoms. The second-order valence-electron chi connectivity index (χ2n) is 2.86. The Morgan fingerprint density at radius 2 is 2.21 bits per heavy atom. The van der Waals surface area contributed by atoms with Gasteiger partial charge in [0.1, 0.15) is 0 Å². The quantitative estimate of drug-likeness (QED) is 0.748. The lowest BCUT2D eigenvalue weighted by Crippen LogP contribution is -2.30. The maximum absolute atomic E-state index is 12.1. The molecule has 1 heterocycles. The van der Waals surface area contributed by atoms with Gasteiger partial charge in [-0.15, -0.1) is 0 Å². The first-order chi connectivity index (χ1) is 6.43. The van der Waals surface area contributed by atoms with Crippen LogP contribution in [0.2, 0.25) is 0 Å². The maximum Gasteiger partial charge on any atom is 0.435 e. The average molecular weight is 209 g/mol. The highest BCUT2D eigenvalue weighted by Crippen LogP contribution is 2.27. The zero-order valence-electron chi connectivity index (χ0n) is 7.20. The van der Waals surface area contributed by atoms with E-state index in [1.54, 1.807) is 0 Å². The number of hydrogen-bond acceptors (Lipinski definition) is 3. The van der Waals surface area contributed by atoms with Crippen molar-refractivity contribution in [3.63, 3.8) is 0 Å². The van der Waals surface area contributed by atoms with Gasteiger partial charge in [0, 0.05) is 12.2 Å². The Morgan fingerprint density at radius 1 is 1.57 bits per heavy atom. The van der Waals surface area contributed by atoms with Gasteiger partial charge in [-0.2, -0.15) is 18.3 Å². The van der Waals surface area contributed by atoms with Crippen molar-refractivity contribution in [2.75, 3.05) is 6.61 Å².